The monoisotopic (exact) mass is 648 g/mol. The second kappa shape index (κ2) is 21.4. The summed E-state index contributed by atoms with van der Waals surface area (Å²) in [6.45, 7) is 10.7. The van der Waals surface area contributed by atoms with Crippen LogP contribution in [0.4, 0.5) is 0 Å². The Balaban J connectivity index is 1.71. The largest absolute Gasteiger partial charge is 0.497 e. The first-order valence-electron chi connectivity index (χ1n) is 18.1. The molecule has 2 aromatic rings. The van der Waals surface area contributed by atoms with Crippen molar-refractivity contribution in [3.63, 3.8) is 0 Å². The molecule has 0 bridgehead atoms. The van der Waals surface area contributed by atoms with E-state index in [1.165, 1.54) is 77.0 Å². The summed E-state index contributed by atoms with van der Waals surface area (Å²) in [7, 11) is 1.65. The van der Waals surface area contributed by atoms with Crippen LogP contribution >= 0.6 is 0 Å². The molecule has 0 amide bonds. The van der Waals surface area contributed by atoms with Crippen molar-refractivity contribution in [2.45, 2.75) is 143 Å². The molecule has 260 valence electrons. The van der Waals surface area contributed by atoms with E-state index in [0.29, 0.717) is 30.5 Å². The van der Waals surface area contributed by atoms with Crippen LogP contribution in [0.5, 0.6) is 11.5 Å². The van der Waals surface area contributed by atoms with Crippen molar-refractivity contribution in [3.05, 3.63) is 70.4 Å². The van der Waals surface area contributed by atoms with E-state index >= 15 is 0 Å². The van der Waals surface area contributed by atoms with E-state index in [1.54, 1.807) is 7.11 Å². The molecule has 7 heteroatoms. The zero-order valence-corrected chi connectivity index (χ0v) is 30.0. The normalized spacial score (nSPS) is 14.5. The van der Waals surface area contributed by atoms with E-state index in [0.717, 1.165) is 41.0 Å². The van der Waals surface area contributed by atoms with Crippen LogP contribution in [0.25, 0.3) is 0 Å². The number of unbranched alkanes of at least 4 members (excludes halogenated alkanes) is 12. The lowest BCUT2D eigenvalue weighted by molar-refractivity contribution is -0.143. The summed E-state index contributed by atoms with van der Waals surface area (Å²) in [5.41, 5.74) is 4.19. The maximum Gasteiger partial charge on any atom is 0.338 e. The summed E-state index contributed by atoms with van der Waals surface area (Å²) < 4.78 is 23.3. The molecule has 0 spiro atoms. The van der Waals surface area contributed by atoms with Gasteiger partial charge in [0.2, 0.25) is 0 Å². The smallest absolute Gasteiger partial charge is 0.338 e. The third kappa shape index (κ3) is 12.9. The molecule has 1 aliphatic rings. The number of aryl methyl sites for hydroxylation is 1. The number of hydrogen-bond acceptors (Lipinski definition) is 7. The molecule has 1 unspecified atom stereocenters. The highest BCUT2D eigenvalue weighted by Gasteiger charge is 2.34. The zero-order valence-electron chi connectivity index (χ0n) is 30.0. The number of esters is 1. The molecule has 0 fully saturated rings. The van der Waals surface area contributed by atoms with Crippen molar-refractivity contribution in [2.24, 2.45) is 4.99 Å². The molecule has 47 heavy (non-hydrogen) atoms. The fourth-order valence-electron chi connectivity index (χ4n) is 6.08. The van der Waals surface area contributed by atoms with E-state index < -0.39 is 6.04 Å². The Labute approximate surface area is 284 Å². The first-order chi connectivity index (χ1) is 22.9. The SMILES string of the molecule is CCCCCCCCCCCCCCCc1cccc(OCC)c1C1N=C(OCc2ccc(OC)cc2)NC(C)=C1C(=O)OC(C)C. The molecule has 0 radical (unpaired) electrons. The Morgan fingerprint density at radius 2 is 1.45 bits per heavy atom. The molecule has 3 rings (SSSR count). The number of amidine groups is 1. The molecule has 1 aliphatic heterocycles. The summed E-state index contributed by atoms with van der Waals surface area (Å²) in [4.78, 5) is 18.5. The minimum Gasteiger partial charge on any atom is -0.497 e. The number of nitrogens with one attached hydrogen (secondary N) is 1. The van der Waals surface area contributed by atoms with E-state index in [9.17, 15) is 4.79 Å². The number of methoxy groups -OCH3 is 1. The average molecular weight is 649 g/mol. The molecular weight excluding hydrogens is 588 g/mol. The topological polar surface area (TPSA) is 78.4 Å². The van der Waals surface area contributed by atoms with Gasteiger partial charge < -0.3 is 24.3 Å². The lowest BCUT2D eigenvalue weighted by Gasteiger charge is -2.29. The van der Waals surface area contributed by atoms with Crippen LogP contribution in [0.2, 0.25) is 0 Å². The van der Waals surface area contributed by atoms with Gasteiger partial charge >= 0.3 is 5.97 Å². The summed E-state index contributed by atoms with van der Waals surface area (Å²) in [6, 6.07) is 13.7. The van der Waals surface area contributed by atoms with Gasteiger partial charge in [0.05, 0.1) is 25.4 Å². The van der Waals surface area contributed by atoms with Crippen molar-refractivity contribution >= 4 is 12.0 Å². The van der Waals surface area contributed by atoms with E-state index in [2.05, 4.69) is 18.3 Å². The van der Waals surface area contributed by atoms with Gasteiger partial charge in [0.25, 0.3) is 6.02 Å². The predicted molar refractivity (Wildman–Crippen MR) is 192 cm³/mol. The third-order valence-corrected chi connectivity index (χ3v) is 8.59. The van der Waals surface area contributed by atoms with Crippen LogP contribution in [-0.4, -0.2) is 31.8 Å². The third-order valence-electron chi connectivity index (χ3n) is 8.59. The molecule has 1 N–H and O–H groups in total. The molecule has 1 atom stereocenters. The molecule has 0 saturated carbocycles. The highest BCUT2D eigenvalue weighted by molar-refractivity contribution is 5.94. The maximum atomic E-state index is 13.5. The van der Waals surface area contributed by atoms with Crippen LogP contribution in [0.3, 0.4) is 0 Å². The van der Waals surface area contributed by atoms with Crippen molar-refractivity contribution in [2.75, 3.05) is 13.7 Å². The van der Waals surface area contributed by atoms with Gasteiger partial charge in [-0.1, -0.05) is 108 Å². The fraction of sp³-hybridized carbons (Fsp3) is 0.600. The Morgan fingerprint density at radius 1 is 0.830 bits per heavy atom. The Hall–Kier alpha value is -3.48. The van der Waals surface area contributed by atoms with Crippen molar-refractivity contribution < 1.29 is 23.7 Å². The number of carbonyl (C=O) groups excluding carboxylic acids is 1. The minimum absolute atomic E-state index is 0.257. The van der Waals surface area contributed by atoms with Gasteiger partial charge in [-0.15, -0.1) is 0 Å². The van der Waals surface area contributed by atoms with E-state index in [4.69, 9.17) is 23.9 Å². The summed E-state index contributed by atoms with van der Waals surface area (Å²) >= 11 is 0. The molecule has 0 saturated heterocycles. The maximum absolute atomic E-state index is 13.5. The van der Waals surface area contributed by atoms with Gasteiger partial charge in [-0.2, -0.15) is 0 Å². The number of rotatable bonds is 22. The molecule has 2 aromatic carbocycles. The first-order valence-corrected chi connectivity index (χ1v) is 18.1. The van der Waals surface area contributed by atoms with Crippen molar-refractivity contribution in [1.29, 1.82) is 0 Å². The quantitative estimate of drug-likeness (QED) is 0.101. The highest BCUT2D eigenvalue weighted by atomic mass is 16.5. The number of nitrogens with zero attached hydrogens (tertiary/aromatic N) is 1. The molecule has 0 aromatic heterocycles. The number of ether oxygens (including phenoxy) is 4. The number of benzene rings is 2. The first kappa shape index (κ1) is 38.0. The second-order valence-electron chi connectivity index (χ2n) is 12.8. The van der Waals surface area contributed by atoms with Crippen LogP contribution in [-0.2, 0) is 27.3 Å². The number of hydrogen-bond donors (Lipinski definition) is 1. The van der Waals surface area contributed by atoms with Crippen molar-refractivity contribution in [1.82, 2.24) is 5.32 Å². The minimum atomic E-state index is -0.618. The van der Waals surface area contributed by atoms with Gasteiger partial charge in [0.15, 0.2) is 0 Å². The van der Waals surface area contributed by atoms with Gasteiger partial charge in [0, 0.05) is 11.3 Å². The Kier molecular flexibility index (Phi) is 17.3. The molecule has 1 heterocycles. The summed E-state index contributed by atoms with van der Waals surface area (Å²) in [5, 5.41) is 3.22. The van der Waals surface area contributed by atoms with E-state index in [-0.39, 0.29) is 12.1 Å². The van der Waals surface area contributed by atoms with Gasteiger partial charge in [-0.05, 0) is 69.9 Å². The van der Waals surface area contributed by atoms with E-state index in [1.807, 2.05) is 64.1 Å². The number of aliphatic imine (C=N–C) groups is 1. The lowest BCUT2D eigenvalue weighted by atomic mass is 9.89. The van der Waals surface area contributed by atoms with Crippen molar-refractivity contribution in [3.8, 4) is 11.5 Å². The van der Waals surface area contributed by atoms with Crippen LogP contribution in [0.15, 0.2) is 58.7 Å². The van der Waals surface area contributed by atoms with Crippen LogP contribution in [0, 0.1) is 0 Å². The predicted octanol–water partition coefficient (Wildman–Crippen LogP) is 10.2. The summed E-state index contributed by atoms with van der Waals surface area (Å²) in [5.74, 6) is 1.15. The van der Waals surface area contributed by atoms with Gasteiger partial charge in [-0.25, -0.2) is 9.79 Å². The highest BCUT2D eigenvalue weighted by Crippen LogP contribution is 2.40. The Bertz CT molecular complexity index is 1270. The molecular formula is C40H60N2O5. The zero-order chi connectivity index (χ0) is 33.9. The number of allylic oxidation sites excluding steroid dienone is 1. The molecule has 7 nitrogen and oxygen atoms in total. The average Bonchev–Trinajstić information content (AvgIpc) is 3.05. The number of carbonyl (C=O) groups is 1. The van der Waals surface area contributed by atoms with Crippen LogP contribution < -0.4 is 14.8 Å². The van der Waals surface area contributed by atoms with Gasteiger partial charge in [0.1, 0.15) is 24.1 Å². The second-order valence-corrected chi connectivity index (χ2v) is 12.8. The standard InChI is InChI=1S/C40H60N2O5/c1-7-9-10-11-12-13-14-15-16-17-18-19-20-22-33-23-21-24-35(45-8-2)37(33)38-36(39(43)47-30(3)4)31(5)41-40(42-38)46-29-32-25-27-34(44-6)28-26-32/h21,23-28,30,38H,7-20,22,29H2,1-6H3,(H,41,42). The Morgan fingerprint density at radius 3 is 2.02 bits per heavy atom. The van der Waals surface area contributed by atoms with Gasteiger partial charge in [-0.3, -0.25) is 0 Å². The molecule has 0 aliphatic carbocycles. The van der Waals surface area contributed by atoms with Crippen LogP contribution in [0.1, 0.15) is 141 Å². The summed E-state index contributed by atoms with van der Waals surface area (Å²) in [6.07, 6.45) is 17.8. The fourth-order valence-corrected chi connectivity index (χ4v) is 6.08. The lowest BCUT2D eigenvalue weighted by Crippen LogP contribution is -2.34.